The Balaban J connectivity index is 2.32. The summed E-state index contributed by atoms with van der Waals surface area (Å²) in [6.45, 7) is 6.68. The lowest BCUT2D eigenvalue weighted by Crippen LogP contribution is -2.39. The third-order valence-electron chi connectivity index (χ3n) is 4.81. The van der Waals surface area contributed by atoms with Crippen molar-refractivity contribution in [1.29, 1.82) is 0 Å². The van der Waals surface area contributed by atoms with Crippen LogP contribution in [0.5, 0.6) is 0 Å². The molecule has 0 amide bonds. The second-order valence-corrected chi connectivity index (χ2v) is 7.09. The van der Waals surface area contributed by atoms with Crippen molar-refractivity contribution in [2.24, 2.45) is 5.41 Å². The Hall–Kier alpha value is -1.03. The molecule has 22 heavy (non-hydrogen) atoms. The van der Waals surface area contributed by atoms with Gasteiger partial charge in [0.15, 0.2) is 0 Å². The molecule has 0 N–H and O–H groups in total. The molecule has 0 aromatic heterocycles. The second-order valence-electron chi connectivity index (χ2n) is 7.09. The maximum atomic E-state index is 12.8. The van der Waals surface area contributed by atoms with Crippen LogP contribution in [0.25, 0.3) is 0 Å². The topological polar surface area (TPSA) is 3.24 Å². The molecule has 4 heteroatoms. The average Bonchev–Trinajstić information content (AvgIpc) is 2.58. The molecule has 0 bridgehead atoms. The molecule has 0 saturated carbocycles. The fraction of sp³-hybridized carbons (Fsp3) is 0.667. The molecule has 1 nitrogen and oxygen atoms in total. The summed E-state index contributed by atoms with van der Waals surface area (Å²) < 4.78 is 38.5. The average molecular weight is 313 g/mol. The highest BCUT2D eigenvalue weighted by molar-refractivity contribution is 5.33. The van der Waals surface area contributed by atoms with Gasteiger partial charge in [-0.3, -0.25) is 4.90 Å². The van der Waals surface area contributed by atoms with E-state index in [0.717, 1.165) is 12.8 Å². The lowest BCUT2D eigenvalue weighted by atomic mass is 9.71. The summed E-state index contributed by atoms with van der Waals surface area (Å²) in [4.78, 5) is 1.59. The molecule has 0 fully saturated rings. The Labute approximate surface area is 131 Å². The first-order chi connectivity index (χ1) is 10.2. The van der Waals surface area contributed by atoms with Crippen LogP contribution in [0.2, 0.25) is 0 Å². The number of hydrogen-bond donors (Lipinski definition) is 0. The normalized spacial score (nSPS) is 20.5. The predicted molar refractivity (Wildman–Crippen MR) is 84.1 cm³/mol. The van der Waals surface area contributed by atoms with Crippen LogP contribution >= 0.6 is 0 Å². The van der Waals surface area contributed by atoms with E-state index in [-0.39, 0.29) is 11.3 Å². The van der Waals surface area contributed by atoms with Crippen LogP contribution in [-0.2, 0) is 6.42 Å². The van der Waals surface area contributed by atoms with E-state index in [0.29, 0.717) is 19.5 Å². The summed E-state index contributed by atoms with van der Waals surface area (Å²) in [6, 6.07) is 8.17. The van der Waals surface area contributed by atoms with Gasteiger partial charge in [-0.05, 0) is 29.4 Å². The number of hydrogen-bond acceptors (Lipinski definition) is 1. The predicted octanol–water partition coefficient (Wildman–Crippen LogP) is 5.02. The number of nitrogens with zero attached hydrogens (tertiary/aromatic N) is 1. The molecule has 1 heterocycles. The van der Waals surface area contributed by atoms with Crippen molar-refractivity contribution < 1.29 is 13.2 Å². The van der Waals surface area contributed by atoms with Gasteiger partial charge in [0.25, 0.3) is 0 Å². The molecule has 1 aliphatic rings. The molecule has 1 aliphatic heterocycles. The van der Waals surface area contributed by atoms with Crippen molar-refractivity contribution >= 4 is 0 Å². The zero-order valence-corrected chi connectivity index (χ0v) is 13.7. The van der Waals surface area contributed by atoms with Gasteiger partial charge < -0.3 is 0 Å². The highest BCUT2D eigenvalue weighted by Crippen LogP contribution is 2.42. The molecular weight excluding hydrogens is 287 g/mol. The van der Waals surface area contributed by atoms with Crippen LogP contribution < -0.4 is 0 Å². The van der Waals surface area contributed by atoms with Gasteiger partial charge in [-0.1, -0.05) is 51.5 Å². The smallest absolute Gasteiger partial charge is 0.294 e. The first-order valence-corrected chi connectivity index (χ1v) is 8.10. The third-order valence-corrected chi connectivity index (χ3v) is 4.81. The Morgan fingerprint density at radius 1 is 1.18 bits per heavy atom. The van der Waals surface area contributed by atoms with E-state index in [2.05, 4.69) is 32.9 Å². The van der Waals surface area contributed by atoms with Crippen molar-refractivity contribution in [3.8, 4) is 0 Å². The van der Waals surface area contributed by atoms with E-state index in [9.17, 15) is 13.2 Å². The van der Waals surface area contributed by atoms with Gasteiger partial charge in [0.05, 0.1) is 6.54 Å². The van der Waals surface area contributed by atoms with E-state index in [4.69, 9.17) is 0 Å². The Kier molecular flexibility index (Phi) is 5.21. The molecule has 0 spiro atoms. The van der Waals surface area contributed by atoms with Crippen LogP contribution in [0.4, 0.5) is 13.2 Å². The van der Waals surface area contributed by atoms with Crippen LogP contribution in [0.15, 0.2) is 24.3 Å². The molecular formula is C18H26F3N. The van der Waals surface area contributed by atoms with E-state index in [1.165, 1.54) is 11.1 Å². The molecule has 2 rings (SSSR count). The molecule has 1 atom stereocenters. The molecule has 1 aromatic carbocycles. The van der Waals surface area contributed by atoms with Crippen molar-refractivity contribution in [2.45, 2.75) is 52.1 Å². The summed E-state index contributed by atoms with van der Waals surface area (Å²) in [5, 5.41) is 0. The van der Waals surface area contributed by atoms with Crippen molar-refractivity contribution in [3.63, 3.8) is 0 Å². The maximum absolute atomic E-state index is 12.8. The number of benzene rings is 1. The lowest BCUT2D eigenvalue weighted by Gasteiger charge is -2.37. The van der Waals surface area contributed by atoms with Gasteiger partial charge in [0.2, 0.25) is 0 Å². The molecule has 124 valence electrons. The van der Waals surface area contributed by atoms with Crippen molar-refractivity contribution in [1.82, 2.24) is 4.90 Å². The van der Waals surface area contributed by atoms with E-state index < -0.39 is 12.7 Å². The fourth-order valence-corrected chi connectivity index (χ4v) is 3.71. The van der Waals surface area contributed by atoms with Gasteiger partial charge in [-0.25, -0.2) is 0 Å². The monoisotopic (exact) mass is 313 g/mol. The Morgan fingerprint density at radius 2 is 1.86 bits per heavy atom. The van der Waals surface area contributed by atoms with Crippen LogP contribution in [0.1, 0.15) is 50.7 Å². The number of fused-ring (bicyclic) bond motifs is 1. The van der Waals surface area contributed by atoms with Gasteiger partial charge >= 0.3 is 6.18 Å². The minimum Gasteiger partial charge on any atom is -0.294 e. The van der Waals surface area contributed by atoms with Crippen LogP contribution in [-0.4, -0.2) is 30.7 Å². The second kappa shape index (κ2) is 6.61. The van der Waals surface area contributed by atoms with Gasteiger partial charge in [-0.2, -0.15) is 13.2 Å². The summed E-state index contributed by atoms with van der Waals surface area (Å²) >= 11 is 0. The molecule has 1 unspecified atom stereocenters. The minimum atomic E-state index is -4.13. The van der Waals surface area contributed by atoms with E-state index >= 15 is 0 Å². The van der Waals surface area contributed by atoms with Gasteiger partial charge in [0, 0.05) is 19.0 Å². The van der Waals surface area contributed by atoms with Crippen molar-refractivity contribution in [3.05, 3.63) is 35.4 Å². The summed E-state index contributed by atoms with van der Waals surface area (Å²) in [5.74, 6) is 0.147. The SMILES string of the molecule is CCCC(C)(C)C1CN(CC(F)(F)F)CCc2ccccc21. The Bertz CT molecular complexity index is 493. The summed E-state index contributed by atoms with van der Waals surface area (Å²) in [6.07, 6.45) is -1.36. The zero-order valence-electron chi connectivity index (χ0n) is 13.7. The lowest BCUT2D eigenvalue weighted by molar-refractivity contribution is -0.146. The highest BCUT2D eigenvalue weighted by Gasteiger charge is 2.38. The Morgan fingerprint density at radius 3 is 2.50 bits per heavy atom. The number of rotatable bonds is 4. The largest absolute Gasteiger partial charge is 0.401 e. The first-order valence-electron chi connectivity index (χ1n) is 8.10. The van der Waals surface area contributed by atoms with Crippen LogP contribution in [0.3, 0.4) is 0 Å². The van der Waals surface area contributed by atoms with Crippen molar-refractivity contribution in [2.75, 3.05) is 19.6 Å². The first kappa shape index (κ1) is 17.3. The zero-order chi connectivity index (χ0) is 16.4. The van der Waals surface area contributed by atoms with Gasteiger partial charge in [0.1, 0.15) is 0 Å². The van der Waals surface area contributed by atoms with Gasteiger partial charge in [-0.15, -0.1) is 0 Å². The van der Waals surface area contributed by atoms with Crippen LogP contribution in [0, 0.1) is 5.41 Å². The molecule has 0 aliphatic carbocycles. The standard InChI is InChI=1S/C18H26F3N/c1-4-10-17(2,3)16-12-22(13-18(19,20)21)11-9-14-7-5-6-8-15(14)16/h5-8,16H,4,9-13H2,1-3H3. The maximum Gasteiger partial charge on any atom is 0.401 e. The highest BCUT2D eigenvalue weighted by atomic mass is 19.4. The fourth-order valence-electron chi connectivity index (χ4n) is 3.71. The van der Waals surface area contributed by atoms with E-state index in [1.54, 1.807) is 4.90 Å². The summed E-state index contributed by atoms with van der Waals surface area (Å²) in [7, 11) is 0. The summed E-state index contributed by atoms with van der Waals surface area (Å²) in [5.41, 5.74) is 2.45. The number of halogens is 3. The number of alkyl halides is 3. The minimum absolute atomic E-state index is 0.000950. The third kappa shape index (κ3) is 4.25. The quantitative estimate of drug-likeness (QED) is 0.754. The molecule has 1 aromatic rings. The molecule has 0 radical (unpaired) electrons. The van der Waals surface area contributed by atoms with E-state index in [1.807, 2.05) is 12.1 Å². The molecule has 0 saturated heterocycles.